The van der Waals surface area contributed by atoms with E-state index in [1.54, 1.807) is 0 Å². The highest BCUT2D eigenvalue weighted by atomic mass is 15.2. The van der Waals surface area contributed by atoms with Gasteiger partial charge in [0.05, 0.1) is 17.9 Å². The molecule has 3 aliphatic rings. The van der Waals surface area contributed by atoms with Crippen molar-refractivity contribution in [1.29, 1.82) is 0 Å². The molecule has 0 unspecified atom stereocenters. The summed E-state index contributed by atoms with van der Waals surface area (Å²) in [6.45, 7) is 2.56. The minimum absolute atomic E-state index is 0.549. The highest BCUT2D eigenvalue weighted by molar-refractivity contribution is 5.51. The molecule has 6 nitrogen and oxygen atoms in total. The maximum atomic E-state index is 5.04. The van der Waals surface area contributed by atoms with Gasteiger partial charge in [0.1, 0.15) is 11.6 Å². The van der Waals surface area contributed by atoms with Gasteiger partial charge < -0.3 is 10.2 Å². The van der Waals surface area contributed by atoms with Gasteiger partial charge in [-0.2, -0.15) is 5.10 Å². The fourth-order valence-electron chi connectivity index (χ4n) is 4.67. The molecule has 2 aromatic heterocycles. The normalized spacial score (nSPS) is 19.4. The first-order valence-electron chi connectivity index (χ1n) is 9.66. The van der Waals surface area contributed by atoms with Crippen molar-refractivity contribution in [2.75, 3.05) is 11.9 Å². The number of aromatic amines is 1. The van der Waals surface area contributed by atoms with Crippen molar-refractivity contribution in [3.63, 3.8) is 0 Å². The molecule has 0 atom stereocenters. The molecule has 2 aliphatic carbocycles. The lowest BCUT2D eigenvalue weighted by atomic mass is 10.1. The van der Waals surface area contributed by atoms with Gasteiger partial charge >= 0.3 is 0 Å². The maximum Gasteiger partial charge on any atom is 0.137 e. The van der Waals surface area contributed by atoms with Crippen LogP contribution in [0.5, 0.6) is 0 Å². The van der Waals surface area contributed by atoms with E-state index in [0.29, 0.717) is 5.92 Å². The minimum atomic E-state index is 0.549. The Balaban J connectivity index is 1.47. The van der Waals surface area contributed by atoms with E-state index >= 15 is 0 Å². The van der Waals surface area contributed by atoms with Gasteiger partial charge in [-0.15, -0.1) is 0 Å². The number of H-pyrrole nitrogens is 1. The minimum Gasteiger partial charge on any atom is -0.353 e. The molecule has 0 amide bonds. The van der Waals surface area contributed by atoms with E-state index in [4.69, 9.17) is 9.97 Å². The zero-order valence-corrected chi connectivity index (χ0v) is 14.9. The number of fused-ring (bicyclic) bond motifs is 2. The lowest BCUT2D eigenvalue weighted by Gasteiger charge is -2.22. The topological polar surface area (TPSA) is 69.7 Å². The first-order chi connectivity index (χ1) is 12.3. The van der Waals surface area contributed by atoms with Crippen molar-refractivity contribution in [2.24, 2.45) is 0 Å². The monoisotopic (exact) mass is 338 g/mol. The Morgan fingerprint density at radius 3 is 2.80 bits per heavy atom. The van der Waals surface area contributed by atoms with Gasteiger partial charge in [-0.1, -0.05) is 12.8 Å². The number of rotatable bonds is 4. The van der Waals surface area contributed by atoms with Crippen LogP contribution in [0.1, 0.15) is 72.1 Å². The zero-order chi connectivity index (χ0) is 16.8. The van der Waals surface area contributed by atoms with Crippen LogP contribution in [0.2, 0.25) is 0 Å². The molecule has 0 bridgehead atoms. The largest absolute Gasteiger partial charge is 0.353 e. The summed E-state index contributed by atoms with van der Waals surface area (Å²) in [5.74, 6) is 2.72. The second kappa shape index (κ2) is 6.09. The Morgan fingerprint density at radius 1 is 1.04 bits per heavy atom. The highest BCUT2D eigenvalue weighted by Gasteiger charge is 2.27. The number of aryl methyl sites for hydroxylation is 1. The molecule has 0 aromatic carbocycles. The summed E-state index contributed by atoms with van der Waals surface area (Å²) in [6.07, 6.45) is 8.65. The molecule has 1 aliphatic heterocycles. The van der Waals surface area contributed by atoms with Gasteiger partial charge in [-0.3, -0.25) is 5.10 Å². The third-order valence-corrected chi connectivity index (χ3v) is 6.04. The molecule has 25 heavy (non-hydrogen) atoms. The van der Waals surface area contributed by atoms with Gasteiger partial charge in [0.2, 0.25) is 0 Å². The number of nitrogens with one attached hydrogen (secondary N) is 2. The van der Waals surface area contributed by atoms with E-state index in [0.717, 1.165) is 44.1 Å². The average molecular weight is 338 g/mol. The van der Waals surface area contributed by atoms with Gasteiger partial charge in [0.15, 0.2) is 0 Å². The summed E-state index contributed by atoms with van der Waals surface area (Å²) in [6, 6.07) is 0. The fourth-order valence-corrected chi connectivity index (χ4v) is 4.67. The number of nitrogens with zero attached hydrogens (tertiary/aromatic N) is 4. The Kier molecular flexibility index (Phi) is 3.73. The molecular weight excluding hydrogens is 312 g/mol. The molecule has 0 radical (unpaired) electrons. The molecule has 0 spiro atoms. The number of hydrogen-bond donors (Lipinski definition) is 2. The summed E-state index contributed by atoms with van der Waals surface area (Å²) < 4.78 is 0. The van der Waals surface area contributed by atoms with Crippen molar-refractivity contribution < 1.29 is 0 Å². The second-order valence-electron chi connectivity index (χ2n) is 7.75. The standard InChI is InChI=1S/C19H26N6/c1-25(11-17-13-7-4-8-15(13)23-24-17)19-14-9-20-10-16(14)21-18(22-19)12-5-2-3-6-12/h12,20H,2-11H2,1H3,(H,23,24). The summed E-state index contributed by atoms with van der Waals surface area (Å²) in [7, 11) is 2.15. The van der Waals surface area contributed by atoms with Crippen LogP contribution >= 0.6 is 0 Å². The van der Waals surface area contributed by atoms with Crippen LogP contribution in [0.25, 0.3) is 0 Å². The van der Waals surface area contributed by atoms with Crippen LogP contribution in [0.4, 0.5) is 5.82 Å². The lowest BCUT2D eigenvalue weighted by molar-refractivity contribution is 0.656. The van der Waals surface area contributed by atoms with Crippen LogP contribution in [-0.2, 0) is 32.5 Å². The Labute approximate surface area is 148 Å². The first-order valence-corrected chi connectivity index (χ1v) is 9.66. The summed E-state index contributed by atoms with van der Waals surface area (Å²) >= 11 is 0. The van der Waals surface area contributed by atoms with E-state index in [-0.39, 0.29) is 0 Å². The van der Waals surface area contributed by atoms with E-state index in [1.807, 2.05) is 0 Å². The number of aromatic nitrogens is 4. The van der Waals surface area contributed by atoms with Gasteiger partial charge in [0, 0.05) is 37.3 Å². The molecule has 2 N–H and O–H groups in total. The molecule has 132 valence electrons. The molecule has 6 heteroatoms. The van der Waals surface area contributed by atoms with Crippen molar-refractivity contribution in [2.45, 2.75) is 70.5 Å². The smallest absolute Gasteiger partial charge is 0.137 e. The van der Waals surface area contributed by atoms with Crippen molar-refractivity contribution in [1.82, 2.24) is 25.5 Å². The Bertz CT molecular complexity index is 789. The summed E-state index contributed by atoms with van der Waals surface area (Å²) in [4.78, 5) is 12.2. The van der Waals surface area contributed by atoms with E-state index in [2.05, 4.69) is 27.5 Å². The van der Waals surface area contributed by atoms with Crippen LogP contribution in [0.3, 0.4) is 0 Å². The summed E-state index contributed by atoms with van der Waals surface area (Å²) in [5, 5.41) is 11.3. The quantitative estimate of drug-likeness (QED) is 0.897. The van der Waals surface area contributed by atoms with Gasteiger partial charge in [0.25, 0.3) is 0 Å². The van der Waals surface area contributed by atoms with E-state index in [1.165, 1.54) is 60.3 Å². The summed E-state index contributed by atoms with van der Waals surface area (Å²) in [5.41, 5.74) is 6.44. The molecular formula is C19H26N6. The molecule has 1 saturated carbocycles. The van der Waals surface area contributed by atoms with Crippen molar-refractivity contribution in [3.05, 3.63) is 34.0 Å². The third-order valence-electron chi connectivity index (χ3n) is 6.04. The maximum absolute atomic E-state index is 5.04. The SMILES string of the molecule is CN(Cc1n[nH]c2c1CCC2)c1nc(C2CCCC2)nc2c1CNC2. The third kappa shape index (κ3) is 2.63. The van der Waals surface area contributed by atoms with E-state index in [9.17, 15) is 0 Å². The van der Waals surface area contributed by atoms with Gasteiger partial charge in [-0.25, -0.2) is 9.97 Å². The van der Waals surface area contributed by atoms with Crippen molar-refractivity contribution >= 4 is 5.82 Å². The Hall–Kier alpha value is -1.95. The first kappa shape index (κ1) is 15.3. The average Bonchev–Trinajstić information content (AvgIpc) is 3.38. The predicted octanol–water partition coefficient (Wildman–Crippen LogP) is 2.59. The number of hydrogen-bond acceptors (Lipinski definition) is 5. The molecule has 0 saturated heterocycles. The van der Waals surface area contributed by atoms with Crippen LogP contribution in [0, 0.1) is 0 Å². The van der Waals surface area contributed by atoms with E-state index < -0.39 is 0 Å². The predicted molar refractivity (Wildman–Crippen MR) is 96.5 cm³/mol. The Morgan fingerprint density at radius 2 is 1.92 bits per heavy atom. The zero-order valence-electron chi connectivity index (χ0n) is 14.9. The highest BCUT2D eigenvalue weighted by Crippen LogP contribution is 2.35. The molecule has 5 rings (SSSR count). The second-order valence-corrected chi connectivity index (χ2v) is 7.75. The molecule has 1 fully saturated rings. The number of anilines is 1. The molecule has 3 heterocycles. The van der Waals surface area contributed by atoms with Crippen LogP contribution in [-0.4, -0.2) is 27.2 Å². The fraction of sp³-hybridized carbons (Fsp3) is 0.632. The van der Waals surface area contributed by atoms with Crippen molar-refractivity contribution in [3.8, 4) is 0 Å². The van der Waals surface area contributed by atoms with Crippen LogP contribution in [0.15, 0.2) is 0 Å². The lowest BCUT2D eigenvalue weighted by Crippen LogP contribution is -2.22. The van der Waals surface area contributed by atoms with Crippen LogP contribution < -0.4 is 10.2 Å². The van der Waals surface area contributed by atoms with Gasteiger partial charge in [-0.05, 0) is 37.7 Å². The molecule has 2 aromatic rings.